The zero-order valence-electron chi connectivity index (χ0n) is 15.1. The molecule has 134 valence electrons. The van der Waals surface area contributed by atoms with Crippen LogP contribution in [-0.4, -0.2) is 0 Å². The summed E-state index contributed by atoms with van der Waals surface area (Å²) in [5.41, 5.74) is 3.85. The third-order valence-corrected chi connectivity index (χ3v) is 4.76. The quantitative estimate of drug-likeness (QED) is 0.476. The smallest absolute Gasteiger partial charge is 0.174 e. The number of halogens is 3. The number of benzene rings is 2. The molecule has 1 aliphatic carbocycles. The van der Waals surface area contributed by atoms with Crippen LogP contribution < -0.4 is 0 Å². The summed E-state index contributed by atoms with van der Waals surface area (Å²) in [6.07, 6.45) is 6.23. The van der Waals surface area contributed by atoms with Crippen molar-refractivity contribution in [1.82, 2.24) is 0 Å². The summed E-state index contributed by atoms with van der Waals surface area (Å²) in [5.74, 6) is 2.98. The summed E-state index contributed by atoms with van der Waals surface area (Å²) in [4.78, 5) is 0. The molecule has 0 radical (unpaired) electrons. The van der Waals surface area contributed by atoms with E-state index >= 15 is 0 Å². The second-order valence-electron chi connectivity index (χ2n) is 6.60. The second kappa shape index (κ2) is 7.83. The topological polar surface area (TPSA) is 0 Å². The zero-order chi connectivity index (χ0) is 18.7. The van der Waals surface area contributed by atoms with E-state index in [1.54, 1.807) is 13.0 Å². The predicted octanol–water partition coefficient (Wildman–Crippen LogP) is 5.89. The van der Waals surface area contributed by atoms with Gasteiger partial charge >= 0.3 is 0 Å². The van der Waals surface area contributed by atoms with Crippen LogP contribution in [-0.2, 0) is 19.3 Å². The number of hydrogen-bond acceptors (Lipinski definition) is 0. The molecule has 3 rings (SSSR count). The first-order valence-corrected chi connectivity index (χ1v) is 9.01. The van der Waals surface area contributed by atoms with Crippen LogP contribution in [0.4, 0.5) is 13.2 Å². The van der Waals surface area contributed by atoms with Crippen molar-refractivity contribution in [3.63, 3.8) is 0 Å². The molecular weight excluding hydrogens is 333 g/mol. The molecule has 0 aliphatic heterocycles. The van der Waals surface area contributed by atoms with Crippen LogP contribution in [0, 0.1) is 29.3 Å². The second-order valence-corrected chi connectivity index (χ2v) is 6.60. The Kier molecular flexibility index (Phi) is 5.52. The predicted molar refractivity (Wildman–Crippen MR) is 98.5 cm³/mol. The Bertz CT molecular complexity index is 927. The van der Waals surface area contributed by atoms with Gasteiger partial charge in [0, 0.05) is 0 Å². The van der Waals surface area contributed by atoms with Gasteiger partial charge in [-0.15, -0.1) is 0 Å². The molecule has 0 nitrogen and oxygen atoms in total. The van der Waals surface area contributed by atoms with Crippen LogP contribution in [0.2, 0.25) is 0 Å². The van der Waals surface area contributed by atoms with Gasteiger partial charge in [0.15, 0.2) is 11.6 Å². The van der Waals surface area contributed by atoms with Gasteiger partial charge in [-0.05, 0) is 60.6 Å². The van der Waals surface area contributed by atoms with Crippen molar-refractivity contribution in [1.29, 1.82) is 0 Å². The summed E-state index contributed by atoms with van der Waals surface area (Å²) in [6.45, 7) is 3.89. The lowest BCUT2D eigenvalue weighted by atomic mass is 9.88. The number of rotatable bonds is 3. The molecule has 3 heteroatoms. The minimum absolute atomic E-state index is 0.0538. The van der Waals surface area contributed by atoms with E-state index in [0.29, 0.717) is 12.0 Å². The highest BCUT2D eigenvalue weighted by Crippen LogP contribution is 2.26. The van der Waals surface area contributed by atoms with Gasteiger partial charge in [0.1, 0.15) is 5.82 Å². The molecule has 0 heterocycles. The van der Waals surface area contributed by atoms with Gasteiger partial charge in [0.05, 0.1) is 11.1 Å². The summed E-state index contributed by atoms with van der Waals surface area (Å²) in [6, 6.07) is 6.22. The van der Waals surface area contributed by atoms with Gasteiger partial charge in [0.25, 0.3) is 0 Å². The van der Waals surface area contributed by atoms with E-state index in [4.69, 9.17) is 0 Å². The summed E-state index contributed by atoms with van der Waals surface area (Å²) in [7, 11) is 0. The first kappa shape index (κ1) is 18.3. The molecule has 2 aromatic rings. The lowest BCUT2D eigenvalue weighted by molar-refractivity contribution is 0.498. The number of allylic oxidation sites excluding steroid dienone is 2. The highest BCUT2D eigenvalue weighted by molar-refractivity contribution is 5.49. The van der Waals surface area contributed by atoms with Gasteiger partial charge in [-0.1, -0.05) is 49.8 Å². The summed E-state index contributed by atoms with van der Waals surface area (Å²) < 4.78 is 42.3. The molecule has 0 bridgehead atoms. The van der Waals surface area contributed by atoms with E-state index in [-0.39, 0.29) is 11.1 Å². The fourth-order valence-electron chi connectivity index (χ4n) is 3.29. The zero-order valence-corrected chi connectivity index (χ0v) is 15.1. The molecule has 0 amide bonds. The third-order valence-electron chi connectivity index (χ3n) is 4.76. The minimum atomic E-state index is -0.970. The highest BCUT2D eigenvalue weighted by Gasteiger charge is 2.14. The van der Waals surface area contributed by atoms with Crippen molar-refractivity contribution < 1.29 is 13.2 Å². The minimum Gasteiger partial charge on any atom is -0.206 e. The lowest BCUT2D eigenvalue weighted by Crippen LogP contribution is -2.05. The van der Waals surface area contributed by atoms with Crippen LogP contribution in [0.5, 0.6) is 0 Å². The van der Waals surface area contributed by atoms with Crippen LogP contribution in [0.25, 0.3) is 0 Å². The molecule has 0 saturated heterocycles. The highest BCUT2D eigenvalue weighted by atomic mass is 19.2. The maximum absolute atomic E-state index is 14.4. The van der Waals surface area contributed by atoms with Crippen molar-refractivity contribution in [3.05, 3.63) is 81.2 Å². The van der Waals surface area contributed by atoms with Crippen molar-refractivity contribution in [3.8, 4) is 11.8 Å². The first-order chi connectivity index (χ1) is 12.5. The van der Waals surface area contributed by atoms with E-state index in [2.05, 4.69) is 24.8 Å². The molecule has 1 aliphatic rings. The molecule has 0 saturated carbocycles. The van der Waals surface area contributed by atoms with Crippen LogP contribution in [0.15, 0.2) is 35.9 Å². The van der Waals surface area contributed by atoms with Crippen LogP contribution in [0.3, 0.4) is 0 Å². The summed E-state index contributed by atoms with van der Waals surface area (Å²) in [5, 5.41) is 0. The van der Waals surface area contributed by atoms with Crippen molar-refractivity contribution in [2.75, 3.05) is 0 Å². The average Bonchev–Trinajstić information content (AvgIpc) is 2.63. The van der Waals surface area contributed by atoms with Crippen molar-refractivity contribution in [2.24, 2.45) is 0 Å². The van der Waals surface area contributed by atoms with E-state index in [9.17, 15) is 13.2 Å². The Morgan fingerprint density at radius 2 is 1.69 bits per heavy atom. The molecule has 0 N–H and O–H groups in total. The molecule has 2 aromatic carbocycles. The van der Waals surface area contributed by atoms with E-state index < -0.39 is 17.5 Å². The molecule has 0 spiro atoms. The van der Waals surface area contributed by atoms with Gasteiger partial charge in [-0.3, -0.25) is 0 Å². The molecule has 0 atom stereocenters. The van der Waals surface area contributed by atoms with Crippen LogP contribution >= 0.6 is 0 Å². The third kappa shape index (κ3) is 3.70. The molecule has 0 fully saturated rings. The molecule has 0 aromatic heterocycles. The lowest BCUT2D eigenvalue weighted by Gasteiger charge is -2.17. The Labute approximate surface area is 152 Å². The van der Waals surface area contributed by atoms with E-state index in [1.165, 1.54) is 23.8 Å². The number of aryl methyl sites for hydroxylation is 1. The van der Waals surface area contributed by atoms with Gasteiger partial charge < -0.3 is 0 Å². The van der Waals surface area contributed by atoms with Crippen LogP contribution in [0.1, 0.15) is 54.5 Å². The molecule has 0 unspecified atom stereocenters. The number of hydrogen-bond donors (Lipinski definition) is 0. The SMILES string of the molecule is CCCC1=CCc2cc(C#Cc3ccc(CC)c(F)c3F)c(F)cc2C1. The monoisotopic (exact) mass is 354 g/mol. The largest absolute Gasteiger partial charge is 0.206 e. The standard InChI is InChI=1S/C23H21F3/c1-3-5-15-6-7-18-13-19(21(24)14-20(18)12-15)11-10-17-9-8-16(4-2)22(25)23(17)26/h6,8-9,13-14H,3-5,7,12H2,1-2H3. The molecule has 26 heavy (non-hydrogen) atoms. The average molecular weight is 354 g/mol. The Morgan fingerprint density at radius 3 is 2.42 bits per heavy atom. The Morgan fingerprint density at radius 1 is 0.923 bits per heavy atom. The fraction of sp³-hybridized carbons (Fsp3) is 0.304. The first-order valence-electron chi connectivity index (χ1n) is 9.01. The normalized spacial score (nSPS) is 12.9. The van der Waals surface area contributed by atoms with Gasteiger partial charge in [-0.25, -0.2) is 13.2 Å². The van der Waals surface area contributed by atoms with E-state index in [1.807, 2.05) is 0 Å². The maximum atomic E-state index is 14.4. The van der Waals surface area contributed by atoms with Crippen molar-refractivity contribution in [2.45, 2.75) is 46.0 Å². The fourth-order valence-corrected chi connectivity index (χ4v) is 3.29. The molecular formula is C23H21F3. The Hall–Kier alpha value is -2.47. The van der Waals surface area contributed by atoms with E-state index in [0.717, 1.165) is 36.8 Å². The van der Waals surface area contributed by atoms with Crippen molar-refractivity contribution >= 4 is 0 Å². The number of fused-ring (bicyclic) bond motifs is 1. The Balaban J connectivity index is 1.91. The van der Waals surface area contributed by atoms with Gasteiger partial charge in [-0.2, -0.15) is 0 Å². The maximum Gasteiger partial charge on any atom is 0.174 e. The summed E-state index contributed by atoms with van der Waals surface area (Å²) >= 11 is 0. The van der Waals surface area contributed by atoms with Gasteiger partial charge in [0.2, 0.25) is 0 Å².